The molecule has 1 aliphatic rings. The van der Waals surface area contributed by atoms with E-state index in [-0.39, 0.29) is 0 Å². The average molecular weight is 346 g/mol. The fourth-order valence-electron chi connectivity index (χ4n) is 2.56. The van der Waals surface area contributed by atoms with Gasteiger partial charge in [0.2, 0.25) is 0 Å². The van der Waals surface area contributed by atoms with Crippen LogP contribution in [0.25, 0.3) is 0 Å². The Kier molecular flexibility index (Phi) is 2.93. The summed E-state index contributed by atoms with van der Waals surface area (Å²) in [5.41, 5.74) is 0. The van der Waals surface area contributed by atoms with Crippen LogP contribution in [0.2, 0.25) is 38.3 Å². The van der Waals surface area contributed by atoms with Crippen molar-refractivity contribution in [1.82, 2.24) is 0 Å². The van der Waals surface area contributed by atoms with Crippen LogP contribution in [0.3, 0.4) is 0 Å². The summed E-state index contributed by atoms with van der Waals surface area (Å²) in [5, 5.41) is 3.52. The predicted octanol–water partition coefficient (Wildman–Crippen LogP) is 3.14. The Bertz CT molecular complexity index is 397. The van der Waals surface area contributed by atoms with Crippen LogP contribution in [-0.4, -0.2) is 16.1 Å². The number of benzene rings is 1. The van der Waals surface area contributed by atoms with Crippen molar-refractivity contribution in [2.75, 3.05) is 0 Å². The molecular weight excluding hydrogens is 327 g/mol. The SMILES string of the molecule is C[Si]1(C)CC[Si](C)(C)c2cc(I)ccc21. The number of hydrogen-bond acceptors (Lipinski definition) is 0. The van der Waals surface area contributed by atoms with Gasteiger partial charge in [-0.2, -0.15) is 0 Å². The average Bonchev–Trinajstić information content (AvgIpc) is 2.13. The van der Waals surface area contributed by atoms with E-state index in [0.717, 1.165) is 0 Å². The largest absolute Gasteiger partial charge is 0.0802 e. The molecule has 0 unspecified atom stereocenters. The number of halogens is 1. The van der Waals surface area contributed by atoms with Crippen LogP contribution in [0, 0.1) is 3.57 Å². The summed E-state index contributed by atoms with van der Waals surface area (Å²) in [6.45, 7) is 10.1. The van der Waals surface area contributed by atoms with Gasteiger partial charge in [0.05, 0.1) is 16.1 Å². The second-order valence-corrected chi connectivity index (χ2v) is 16.8. The van der Waals surface area contributed by atoms with Gasteiger partial charge in [0.1, 0.15) is 0 Å². The minimum absolute atomic E-state index is 1.09. The first-order chi connectivity index (χ1) is 6.83. The maximum absolute atomic E-state index is 2.53. The molecule has 0 radical (unpaired) electrons. The van der Waals surface area contributed by atoms with Gasteiger partial charge >= 0.3 is 0 Å². The van der Waals surface area contributed by atoms with E-state index >= 15 is 0 Å². The van der Waals surface area contributed by atoms with Gasteiger partial charge in [0.15, 0.2) is 0 Å². The minimum Gasteiger partial charge on any atom is -0.0654 e. The number of rotatable bonds is 0. The zero-order valence-electron chi connectivity index (χ0n) is 10.0. The molecule has 0 bridgehead atoms. The van der Waals surface area contributed by atoms with Gasteiger partial charge < -0.3 is 0 Å². The zero-order chi connectivity index (χ0) is 11.3. The second-order valence-electron chi connectivity index (χ2n) is 5.96. The highest BCUT2D eigenvalue weighted by Crippen LogP contribution is 2.25. The first-order valence-electron chi connectivity index (χ1n) is 5.63. The van der Waals surface area contributed by atoms with Crippen LogP contribution in [0.15, 0.2) is 18.2 Å². The van der Waals surface area contributed by atoms with Crippen molar-refractivity contribution in [3.05, 3.63) is 21.8 Å². The van der Waals surface area contributed by atoms with Gasteiger partial charge in [0, 0.05) is 3.57 Å². The van der Waals surface area contributed by atoms with Crippen molar-refractivity contribution >= 4 is 49.1 Å². The summed E-state index contributed by atoms with van der Waals surface area (Å²) in [5.74, 6) is 0. The van der Waals surface area contributed by atoms with Crippen molar-refractivity contribution in [2.45, 2.75) is 38.3 Å². The molecule has 0 nitrogen and oxygen atoms in total. The Morgan fingerprint density at radius 1 is 0.933 bits per heavy atom. The highest BCUT2D eigenvalue weighted by molar-refractivity contribution is 14.1. The monoisotopic (exact) mass is 346 g/mol. The van der Waals surface area contributed by atoms with E-state index < -0.39 is 16.1 Å². The number of hydrogen-bond donors (Lipinski definition) is 0. The molecule has 0 saturated heterocycles. The smallest absolute Gasteiger partial charge is 0.0654 e. The summed E-state index contributed by atoms with van der Waals surface area (Å²) in [7, 11) is -2.19. The first-order valence-corrected chi connectivity index (χ1v) is 13.1. The third kappa shape index (κ3) is 2.10. The van der Waals surface area contributed by atoms with Crippen molar-refractivity contribution in [2.24, 2.45) is 0 Å². The molecule has 82 valence electrons. The second kappa shape index (κ2) is 3.70. The molecule has 1 aromatic carbocycles. The number of fused-ring (bicyclic) bond motifs is 1. The van der Waals surface area contributed by atoms with Gasteiger partial charge in [-0.3, -0.25) is 0 Å². The summed E-state index contributed by atoms with van der Waals surface area (Å²) >= 11 is 2.45. The molecule has 2 rings (SSSR count). The molecule has 0 aliphatic carbocycles. The van der Waals surface area contributed by atoms with E-state index in [4.69, 9.17) is 0 Å². The standard InChI is InChI=1S/C12H19ISi2/c1-14(2)7-8-15(3,4)12-9-10(13)5-6-11(12)14/h5-6,9H,7-8H2,1-4H3. The topological polar surface area (TPSA) is 0 Å². The van der Waals surface area contributed by atoms with Crippen LogP contribution < -0.4 is 10.4 Å². The predicted molar refractivity (Wildman–Crippen MR) is 83.0 cm³/mol. The Hall–Kier alpha value is 0.384. The third-order valence-corrected chi connectivity index (χ3v) is 12.0. The highest BCUT2D eigenvalue weighted by Gasteiger charge is 2.39. The van der Waals surface area contributed by atoms with Crippen LogP contribution in [0.4, 0.5) is 0 Å². The fraction of sp³-hybridized carbons (Fsp3) is 0.500. The fourth-order valence-corrected chi connectivity index (χ4v) is 13.6. The van der Waals surface area contributed by atoms with E-state index in [2.05, 4.69) is 67.0 Å². The van der Waals surface area contributed by atoms with Crippen molar-refractivity contribution in [1.29, 1.82) is 0 Å². The summed E-state index contributed by atoms with van der Waals surface area (Å²) in [6.07, 6.45) is 0. The maximum atomic E-state index is 2.53. The molecule has 15 heavy (non-hydrogen) atoms. The lowest BCUT2D eigenvalue weighted by molar-refractivity contribution is 1.28. The molecule has 0 N–H and O–H groups in total. The molecule has 1 heterocycles. The first kappa shape index (κ1) is 11.9. The molecule has 3 heteroatoms. The molecule has 0 fully saturated rings. The lowest BCUT2D eigenvalue weighted by Gasteiger charge is -2.39. The molecule has 0 amide bonds. The molecular formula is C12H19ISi2. The lowest BCUT2D eigenvalue weighted by Crippen LogP contribution is -2.63. The molecule has 1 aliphatic heterocycles. The Balaban J connectivity index is 2.64. The van der Waals surface area contributed by atoms with E-state index in [1.54, 1.807) is 10.4 Å². The third-order valence-electron chi connectivity index (χ3n) is 3.81. The Morgan fingerprint density at radius 2 is 1.47 bits per heavy atom. The van der Waals surface area contributed by atoms with Crippen LogP contribution >= 0.6 is 22.6 Å². The van der Waals surface area contributed by atoms with Gasteiger partial charge in [-0.25, -0.2) is 0 Å². The normalized spacial score (nSPS) is 22.2. The molecule has 0 atom stereocenters. The van der Waals surface area contributed by atoms with E-state index in [9.17, 15) is 0 Å². The summed E-state index contributed by atoms with van der Waals surface area (Å²) < 4.78 is 1.42. The molecule has 1 aromatic rings. The van der Waals surface area contributed by atoms with Crippen LogP contribution in [0.5, 0.6) is 0 Å². The quantitative estimate of drug-likeness (QED) is 0.500. The van der Waals surface area contributed by atoms with Gasteiger partial charge in [-0.05, 0) is 34.7 Å². The van der Waals surface area contributed by atoms with Gasteiger partial charge in [0.25, 0.3) is 0 Å². The zero-order valence-corrected chi connectivity index (χ0v) is 14.2. The van der Waals surface area contributed by atoms with Gasteiger partial charge in [-0.1, -0.05) is 54.7 Å². The Labute approximate surface area is 109 Å². The van der Waals surface area contributed by atoms with E-state index in [0.29, 0.717) is 0 Å². The molecule has 0 aromatic heterocycles. The van der Waals surface area contributed by atoms with Crippen molar-refractivity contribution in [3.63, 3.8) is 0 Å². The highest BCUT2D eigenvalue weighted by atomic mass is 127. The van der Waals surface area contributed by atoms with Crippen molar-refractivity contribution < 1.29 is 0 Å². The summed E-state index contributed by atoms with van der Waals surface area (Å²) in [4.78, 5) is 0. The molecule has 0 spiro atoms. The maximum Gasteiger partial charge on any atom is 0.0802 e. The lowest BCUT2D eigenvalue weighted by atomic mass is 10.4. The van der Waals surface area contributed by atoms with Crippen molar-refractivity contribution in [3.8, 4) is 0 Å². The Morgan fingerprint density at radius 3 is 2.07 bits per heavy atom. The summed E-state index contributed by atoms with van der Waals surface area (Å²) in [6, 6.07) is 10.2. The van der Waals surface area contributed by atoms with Crippen LogP contribution in [0.1, 0.15) is 0 Å². The molecule has 0 saturated carbocycles. The van der Waals surface area contributed by atoms with E-state index in [1.165, 1.54) is 15.7 Å². The van der Waals surface area contributed by atoms with Crippen LogP contribution in [-0.2, 0) is 0 Å². The minimum atomic E-state index is -1.10. The van der Waals surface area contributed by atoms with E-state index in [1.807, 2.05) is 0 Å². The van der Waals surface area contributed by atoms with Gasteiger partial charge in [-0.15, -0.1) is 0 Å².